The number of aromatic nitrogens is 1. The summed E-state index contributed by atoms with van der Waals surface area (Å²) in [6, 6.07) is 11.2. The maximum atomic E-state index is 4.83. The molecule has 1 spiro atoms. The van der Waals surface area contributed by atoms with E-state index in [1.807, 2.05) is 0 Å². The average molecular weight is 281 g/mol. The summed E-state index contributed by atoms with van der Waals surface area (Å²) in [7, 11) is 0. The molecule has 1 aromatic carbocycles. The summed E-state index contributed by atoms with van der Waals surface area (Å²) >= 11 is 0. The van der Waals surface area contributed by atoms with Gasteiger partial charge in [0.25, 0.3) is 0 Å². The van der Waals surface area contributed by atoms with E-state index >= 15 is 0 Å². The smallest absolute Gasteiger partial charge is 0.129 e. The van der Waals surface area contributed by atoms with Crippen molar-refractivity contribution in [3.8, 4) is 0 Å². The van der Waals surface area contributed by atoms with Crippen LogP contribution in [0.25, 0.3) is 10.9 Å². The molecular formula is C18H23N3. The van der Waals surface area contributed by atoms with Crippen LogP contribution in [0, 0.1) is 6.92 Å². The largest absolute Gasteiger partial charge is 0.367 e. The Kier molecular flexibility index (Phi) is 3.11. The zero-order chi connectivity index (χ0) is 14.3. The maximum absolute atomic E-state index is 4.83. The quantitative estimate of drug-likeness (QED) is 0.882. The number of nitrogens with zero attached hydrogens (tertiary/aromatic N) is 1. The standard InChI is InChI=1S/C18H23N3/c1-13-11-14-5-2-3-6-16(14)21-17(13)20-15-7-10-19-18(12-15)8-4-9-18/h2-3,5-6,11,15,19H,4,7-10,12H2,1H3,(H,20,21). The predicted molar refractivity (Wildman–Crippen MR) is 87.7 cm³/mol. The molecule has 2 N–H and O–H groups in total. The Labute approximate surface area is 126 Å². The van der Waals surface area contributed by atoms with Gasteiger partial charge in [0.05, 0.1) is 5.52 Å². The number of anilines is 1. The average Bonchev–Trinajstić information content (AvgIpc) is 2.47. The molecule has 0 bridgehead atoms. The summed E-state index contributed by atoms with van der Waals surface area (Å²) in [6.45, 7) is 3.28. The Morgan fingerprint density at radius 3 is 2.95 bits per heavy atom. The fourth-order valence-electron chi connectivity index (χ4n) is 3.83. The Morgan fingerprint density at radius 1 is 1.29 bits per heavy atom. The highest BCUT2D eigenvalue weighted by molar-refractivity contribution is 5.81. The first-order valence-electron chi connectivity index (χ1n) is 8.12. The number of fused-ring (bicyclic) bond motifs is 1. The Balaban J connectivity index is 1.57. The second-order valence-electron chi connectivity index (χ2n) is 6.74. The fourth-order valence-corrected chi connectivity index (χ4v) is 3.83. The highest BCUT2D eigenvalue weighted by Crippen LogP contribution is 2.39. The van der Waals surface area contributed by atoms with Crippen LogP contribution in [0.5, 0.6) is 0 Å². The molecule has 2 heterocycles. The van der Waals surface area contributed by atoms with Crippen LogP contribution in [0.1, 0.15) is 37.7 Å². The van der Waals surface area contributed by atoms with Gasteiger partial charge in [-0.15, -0.1) is 0 Å². The zero-order valence-electron chi connectivity index (χ0n) is 12.7. The SMILES string of the molecule is Cc1cc2ccccc2nc1NC1CCNC2(CCC2)C1. The number of hydrogen-bond donors (Lipinski definition) is 2. The molecule has 1 unspecified atom stereocenters. The molecule has 21 heavy (non-hydrogen) atoms. The van der Waals surface area contributed by atoms with Crippen LogP contribution in [0.3, 0.4) is 0 Å². The van der Waals surface area contributed by atoms with E-state index in [2.05, 4.69) is 47.9 Å². The molecule has 1 aromatic heterocycles. The molecule has 0 radical (unpaired) electrons. The van der Waals surface area contributed by atoms with Crippen LogP contribution in [0.2, 0.25) is 0 Å². The van der Waals surface area contributed by atoms with Crippen molar-refractivity contribution in [2.24, 2.45) is 0 Å². The number of rotatable bonds is 2. The molecule has 1 saturated carbocycles. The fraction of sp³-hybridized carbons (Fsp3) is 0.500. The van der Waals surface area contributed by atoms with Crippen molar-refractivity contribution in [3.05, 3.63) is 35.9 Å². The molecule has 0 amide bonds. The number of benzene rings is 1. The lowest BCUT2D eigenvalue weighted by Crippen LogP contribution is -2.58. The predicted octanol–water partition coefficient (Wildman–Crippen LogP) is 3.63. The molecule has 3 nitrogen and oxygen atoms in total. The lowest BCUT2D eigenvalue weighted by atomic mass is 9.70. The van der Waals surface area contributed by atoms with Gasteiger partial charge in [0.15, 0.2) is 0 Å². The minimum Gasteiger partial charge on any atom is -0.367 e. The number of nitrogens with one attached hydrogen (secondary N) is 2. The molecule has 2 aromatic rings. The minimum absolute atomic E-state index is 0.431. The summed E-state index contributed by atoms with van der Waals surface area (Å²) in [5, 5.41) is 8.67. The van der Waals surface area contributed by atoms with Crippen LogP contribution in [-0.2, 0) is 0 Å². The topological polar surface area (TPSA) is 37.0 Å². The normalized spacial score (nSPS) is 24.0. The second kappa shape index (κ2) is 4.99. The summed E-state index contributed by atoms with van der Waals surface area (Å²) in [5.41, 5.74) is 2.76. The van der Waals surface area contributed by atoms with Crippen molar-refractivity contribution < 1.29 is 0 Å². The summed E-state index contributed by atoms with van der Waals surface area (Å²) in [4.78, 5) is 4.83. The summed E-state index contributed by atoms with van der Waals surface area (Å²) in [6.07, 6.45) is 6.49. The number of piperidine rings is 1. The lowest BCUT2D eigenvalue weighted by Gasteiger charge is -2.48. The van der Waals surface area contributed by atoms with Gasteiger partial charge in [-0.05, 0) is 63.3 Å². The zero-order valence-corrected chi connectivity index (χ0v) is 12.7. The van der Waals surface area contributed by atoms with E-state index in [1.165, 1.54) is 43.1 Å². The van der Waals surface area contributed by atoms with E-state index < -0.39 is 0 Å². The molecule has 2 aliphatic rings. The van der Waals surface area contributed by atoms with Crippen molar-refractivity contribution in [1.82, 2.24) is 10.3 Å². The van der Waals surface area contributed by atoms with Crippen molar-refractivity contribution in [3.63, 3.8) is 0 Å². The summed E-state index contributed by atoms with van der Waals surface area (Å²) < 4.78 is 0. The van der Waals surface area contributed by atoms with Gasteiger partial charge in [-0.25, -0.2) is 4.98 Å². The third kappa shape index (κ3) is 2.40. The van der Waals surface area contributed by atoms with Crippen molar-refractivity contribution in [1.29, 1.82) is 0 Å². The monoisotopic (exact) mass is 281 g/mol. The molecule has 1 atom stereocenters. The van der Waals surface area contributed by atoms with Crippen LogP contribution < -0.4 is 10.6 Å². The Bertz CT molecular complexity index is 661. The Morgan fingerprint density at radius 2 is 2.14 bits per heavy atom. The van der Waals surface area contributed by atoms with E-state index in [0.29, 0.717) is 11.6 Å². The van der Waals surface area contributed by atoms with Crippen LogP contribution in [-0.4, -0.2) is 23.1 Å². The molecule has 3 heteroatoms. The lowest BCUT2D eigenvalue weighted by molar-refractivity contribution is 0.135. The van der Waals surface area contributed by atoms with E-state index in [1.54, 1.807) is 0 Å². The molecule has 1 aliphatic heterocycles. The van der Waals surface area contributed by atoms with Gasteiger partial charge < -0.3 is 10.6 Å². The van der Waals surface area contributed by atoms with Gasteiger partial charge >= 0.3 is 0 Å². The first kappa shape index (κ1) is 13.1. The van der Waals surface area contributed by atoms with Crippen LogP contribution >= 0.6 is 0 Å². The van der Waals surface area contributed by atoms with Gasteiger partial charge in [-0.1, -0.05) is 18.2 Å². The van der Waals surface area contributed by atoms with E-state index in [0.717, 1.165) is 17.9 Å². The maximum Gasteiger partial charge on any atom is 0.129 e. The van der Waals surface area contributed by atoms with Gasteiger partial charge in [-0.3, -0.25) is 0 Å². The third-order valence-corrected chi connectivity index (χ3v) is 5.20. The van der Waals surface area contributed by atoms with Crippen molar-refractivity contribution in [2.75, 3.05) is 11.9 Å². The number of pyridine rings is 1. The van der Waals surface area contributed by atoms with Gasteiger partial charge in [-0.2, -0.15) is 0 Å². The molecule has 2 fully saturated rings. The van der Waals surface area contributed by atoms with E-state index in [-0.39, 0.29) is 0 Å². The molecule has 1 saturated heterocycles. The third-order valence-electron chi connectivity index (χ3n) is 5.20. The molecular weight excluding hydrogens is 258 g/mol. The molecule has 4 rings (SSSR count). The van der Waals surface area contributed by atoms with E-state index in [4.69, 9.17) is 4.98 Å². The van der Waals surface area contributed by atoms with Crippen molar-refractivity contribution >= 4 is 16.7 Å². The second-order valence-corrected chi connectivity index (χ2v) is 6.74. The minimum atomic E-state index is 0.431. The highest BCUT2D eigenvalue weighted by Gasteiger charge is 2.40. The number of aryl methyl sites for hydroxylation is 1. The van der Waals surface area contributed by atoms with Gasteiger partial charge in [0.2, 0.25) is 0 Å². The Hall–Kier alpha value is -1.61. The number of para-hydroxylation sites is 1. The van der Waals surface area contributed by atoms with Gasteiger partial charge in [0, 0.05) is 17.0 Å². The van der Waals surface area contributed by atoms with Crippen molar-refractivity contribution in [2.45, 2.75) is 50.6 Å². The number of hydrogen-bond acceptors (Lipinski definition) is 3. The summed E-state index contributed by atoms with van der Waals surface area (Å²) in [5.74, 6) is 1.06. The molecule has 110 valence electrons. The van der Waals surface area contributed by atoms with Crippen LogP contribution in [0.15, 0.2) is 30.3 Å². The first-order chi connectivity index (χ1) is 10.2. The first-order valence-corrected chi connectivity index (χ1v) is 8.12. The highest BCUT2D eigenvalue weighted by atomic mass is 15.1. The molecule has 1 aliphatic carbocycles. The van der Waals surface area contributed by atoms with E-state index in [9.17, 15) is 0 Å². The van der Waals surface area contributed by atoms with Crippen LogP contribution in [0.4, 0.5) is 5.82 Å². The van der Waals surface area contributed by atoms with Gasteiger partial charge in [0.1, 0.15) is 5.82 Å².